The molecule has 20 heavy (non-hydrogen) atoms. The number of benzene rings is 1. The van der Waals surface area contributed by atoms with E-state index < -0.39 is 11.2 Å². The summed E-state index contributed by atoms with van der Waals surface area (Å²) in [6.45, 7) is 2.31. The Morgan fingerprint density at radius 3 is 2.80 bits per heavy atom. The lowest BCUT2D eigenvalue weighted by Gasteiger charge is -2.07. The van der Waals surface area contributed by atoms with Crippen molar-refractivity contribution >= 4 is 16.8 Å². The molecular weight excluding hydrogens is 258 g/mol. The van der Waals surface area contributed by atoms with Crippen LogP contribution in [0, 0.1) is 0 Å². The van der Waals surface area contributed by atoms with Crippen LogP contribution in [0.5, 0.6) is 0 Å². The van der Waals surface area contributed by atoms with Gasteiger partial charge >= 0.3 is 5.69 Å². The maximum absolute atomic E-state index is 12.2. The van der Waals surface area contributed by atoms with Crippen molar-refractivity contribution in [1.82, 2.24) is 14.9 Å². The van der Waals surface area contributed by atoms with E-state index in [2.05, 4.69) is 10.3 Å². The van der Waals surface area contributed by atoms with Crippen molar-refractivity contribution in [2.75, 3.05) is 6.54 Å². The van der Waals surface area contributed by atoms with Gasteiger partial charge in [0.25, 0.3) is 5.56 Å². The van der Waals surface area contributed by atoms with E-state index >= 15 is 0 Å². The van der Waals surface area contributed by atoms with Gasteiger partial charge in [0, 0.05) is 6.54 Å². The second-order valence-corrected chi connectivity index (χ2v) is 4.57. The number of fused-ring (bicyclic) bond motifs is 1. The molecule has 0 aliphatic rings. The molecule has 0 bridgehead atoms. The number of H-pyrrole nitrogens is 1. The van der Waals surface area contributed by atoms with Gasteiger partial charge < -0.3 is 10.3 Å². The molecule has 2 rings (SSSR count). The van der Waals surface area contributed by atoms with Crippen molar-refractivity contribution in [2.24, 2.45) is 0 Å². The molecule has 1 aromatic carbocycles. The monoisotopic (exact) mass is 275 g/mol. The molecule has 0 spiro atoms. The first-order chi connectivity index (χ1) is 9.63. The molecule has 0 aliphatic heterocycles. The summed E-state index contributed by atoms with van der Waals surface area (Å²) in [6.07, 6.45) is 1.84. The van der Waals surface area contributed by atoms with E-state index in [1.165, 1.54) is 0 Å². The summed E-state index contributed by atoms with van der Waals surface area (Å²) in [6, 6.07) is 6.73. The summed E-state index contributed by atoms with van der Waals surface area (Å²) in [5, 5.41) is 3.08. The third-order valence-corrected chi connectivity index (χ3v) is 3.04. The Kier molecular flexibility index (Phi) is 4.34. The van der Waals surface area contributed by atoms with E-state index in [0.29, 0.717) is 17.4 Å². The third-order valence-electron chi connectivity index (χ3n) is 3.04. The quantitative estimate of drug-likeness (QED) is 0.784. The summed E-state index contributed by atoms with van der Waals surface area (Å²) in [5.74, 6) is -0.332. The molecule has 0 unspecified atom stereocenters. The van der Waals surface area contributed by atoms with Gasteiger partial charge in [-0.25, -0.2) is 4.79 Å². The number of nitrogens with zero attached hydrogens (tertiary/aromatic N) is 1. The highest BCUT2D eigenvalue weighted by Crippen LogP contribution is 2.02. The Morgan fingerprint density at radius 1 is 1.30 bits per heavy atom. The van der Waals surface area contributed by atoms with E-state index in [1.807, 2.05) is 6.92 Å². The van der Waals surface area contributed by atoms with Crippen LogP contribution in [0.1, 0.15) is 19.8 Å². The molecule has 1 amide bonds. The maximum Gasteiger partial charge on any atom is 0.329 e. The molecule has 0 aliphatic carbocycles. The first-order valence-electron chi connectivity index (χ1n) is 6.62. The summed E-state index contributed by atoms with van der Waals surface area (Å²) in [4.78, 5) is 38.3. The summed E-state index contributed by atoms with van der Waals surface area (Å²) < 4.78 is 0.920. The molecule has 106 valence electrons. The zero-order valence-corrected chi connectivity index (χ0v) is 11.3. The maximum atomic E-state index is 12.2. The molecule has 2 N–H and O–H groups in total. The van der Waals surface area contributed by atoms with Crippen LogP contribution in [0.25, 0.3) is 10.9 Å². The second kappa shape index (κ2) is 6.18. The number of carbonyl (C=O) groups is 1. The third kappa shape index (κ3) is 2.96. The van der Waals surface area contributed by atoms with Gasteiger partial charge in [0.2, 0.25) is 5.91 Å². The lowest BCUT2D eigenvalue weighted by atomic mass is 10.2. The number of hydrogen-bond acceptors (Lipinski definition) is 3. The Bertz CT molecular complexity index is 730. The molecule has 0 saturated heterocycles. The molecule has 0 radical (unpaired) electrons. The van der Waals surface area contributed by atoms with Gasteiger partial charge in [0.15, 0.2) is 0 Å². The second-order valence-electron chi connectivity index (χ2n) is 4.57. The van der Waals surface area contributed by atoms with Gasteiger partial charge in [0.1, 0.15) is 6.54 Å². The van der Waals surface area contributed by atoms with Gasteiger partial charge in [-0.2, -0.15) is 0 Å². The Hall–Kier alpha value is -2.37. The van der Waals surface area contributed by atoms with Crippen molar-refractivity contribution in [1.29, 1.82) is 0 Å². The molecule has 6 heteroatoms. The zero-order valence-electron chi connectivity index (χ0n) is 11.3. The first kappa shape index (κ1) is 14.0. The molecule has 0 atom stereocenters. The number of carbonyl (C=O) groups excluding carboxylic acids is 1. The van der Waals surface area contributed by atoms with Gasteiger partial charge in [-0.15, -0.1) is 0 Å². The number of hydrogen-bond donors (Lipinski definition) is 2. The van der Waals surface area contributed by atoms with E-state index in [1.54, 1.807) is 24.3 Å². The number of nitrogens with one attached hydrogen (secondary N) is 2. The van der Waals surface area contributed by atoms with Crippen molar-refractivity contribution < 1.29 is 4.79 Å². The number of para-hydroxylation sites is 1. The van der Waals surface area contributed by atoms with Gasteiger partial charge in [-0.3, -0.25) is 14.2 Å². The van der Waals surface area contributed by atoms with Gasteiger partial charge in [-0.1, -0.05) is 25.5 Å². The zero-order chi connectivity index (χ0) is 14.5. The van der Waals surface area contributed by atoms with Crippen molar-refractivity contribution in [3.63, 3.8) is 0 Å². The number of unbranched alkanes of at least 4 members (excludes halogenated alkanes) is 1. The van der Waals surface area contributed by atoms with E-state index in [9.17, 15) is 14.4 Å². The van der Waals surface area contributed by atoms with Crippen LogP contribution in [0.3, 0.4) is 0 Å². The normalized spacial score (nSPS) is 10.7. The minimum atomic E-state index is -0.570. The van der Waals surface area contributed by atoms with Crippen LogP contribution in [0.2, 0.25) is 0 Å². The molecular formula is C14H17N3O3. The van der Waals surface area contributed by atoms with E-state index in [-0.39, 0.29) is 12.5 Å². The standard InChI is InChI=1S/C14H17N3O3/c1-2-3-8-15-12(18)9-17-13(19)10-6-4-5-7-11(10)16-14(17)20/h4-7H,2-3,8-9H2,1H3,(H,15,18)(H,16,20). The molecule has 0 saturated carbocycles. The number of amides is 1. The topological polar surface area (TPSA) is 84.0 Å². The first-order valence-corrected chi connectivity index (χ1v) is 6.62. The highest BCUT2D eigenvalue weighted by molar-refractivity contribution is 5.78. The van der Waals surface area contributed by atoms with Crippen LogP contribution in [0.15, 0.2) is 33.9 Å². The van der Waals surface area contributed by atoms with Crippen molar-refractivity contribution in [3.05, 3.63) is 45.1 Å². The van der Waals surface area contributed by atoms with Crippen molar-refractivity contribution in [2.45, 2.75) is 26.3 Å². The minimum Gasteiger partial charge on any atom is -0.355 e. The van der Waals surface area contributed by atoms with Crippen LogP contribution < -0.4 is 16.6 Å². The summed E-state index contributed by atoms with van der Waals surface area (Å²) in [7, 11) is 0. The fraction of sp³-hybridized carbons (Fsp3) is 0.357. The lowest BCUT2D eigenvalue weighted by molar-refractivity contribution is -0.121. The van der Waals surface area contributed by atoms with Gasteiger partial charge in [-0.05, 0) is 18.6 Å². The molecule has 1 aromatic heterocycles. The molecule has 0 fully saturated rings. The summed E-state index contributed by atoms with van der Waals surface area (Å²) in [5.41, 5.74) is -0.542. The Balaban J connectivity index is 2.28. The van der Waals surface area contributed by atoms with Gasteiger partial charge in [0.05, 0.1) is 10.9 Å². The highest BCUT2D eigenvalue weighted by atomic mass is 16.2. The van der Waals surface area contributed by atoms with Crippen LogP contribution in [-0.2, 0) is 11.3 Å². The van der Waals surface area contributed by atoms with Crippen molar-refractivity contribution in [3.8, 4) is 0 Å². The minimum absolute atomic E-state index is 0.261. The predicted octanol–water partition coefficient (Wildman–Crippen LogP) is 0.606. The number of aromatic nitrogens is 2. The van der Waals surface area contributed by atoms with Crippen LogP contribution in [-0.4, -0.2) is 22.0 Å². The Morgan fingerprint density at radius 2 is 2.05 bits per heavy atom. The fourth-order valence-electron chi connectivity index (χ4n) is 1.95. The smallest absolute Gasteiger partial charge is 0.329 e. The SMILES string of the molecule is CCCCNC(=O)Cn1c(=O)[nH]c2ccccc2c1=O. The van der Waals surface area contributed by atoms with E-state index in [4.69, 9.17) is 0 Å². The van der Waals surface area contributed by atoms with E-state index in [0.717, 1.165) is 17.4 Å². The average molecular weight is 275 g/mol. The average Bonchev–Trinajstić information content (AvgIpc) is 2.44. The molecule has 6 nitrogen and oxygen atoms in total. The number of aromatic amines is 1. The van der Waals surface area contributed by atoms with Crippen LogP contribution >= 0.6 is 0 Å². The largest absolute Gasteiger partial charge is 0.355 e. The predicted molar refractivity (Wildman–Crippen MR) is 76.7 cm³/mol. The Labute approximate surface area is 115 Å². The lowest BCUT2D eigenvalue weighted by Crippen LogP contribution is -2.40. The molecule has 1 heterocycles. The highest BCUT2D eigenvalue weighted by Gasteiger charge is 2.10. The number of rotatable bonds is 5. The fourth-order valence-corrected chi connectivity index (χ4v) is 1.95. The summed E-state index contributed by atoms with van der Waals surface area (Å²) >= 11 is 0. The van der Waals surface area contributed by atoms with Crippen LogP contribution in [0.4, 0.5) is 0 Å². The molecule has 2 aromatic rings.